The molecule has 88 valence electrons. The predicted molar refractivity (Wildman–Crippen MR) is 58.3 cm³/mol. The van der Waals surface area contributed by atoms with Crippen molar-refractivity contribution in [3.8, 4) is 11.5 Å². The largest absolute Gasteiger partial charge is 0.493 e. The summed E-state index contributed by atoms with van der Waals surface area (Å²) in [7, 11) is 1.47. The van der Waals surface area contributed by atoms with E-state index in [1.165, 1.54) is 14.0 Å². The van der Waals surface area contributed by atoms with E-state index in [0.717, 1.165) is 5.56 Å². The molecule has 0 bridgehead atoms. The van der Waals surface area contributed by atoms with Crippen LogP contribution in [0.25, 0.3) is 0 Å². The monoisotopic (exact) mass is 225 g/mol. The van der Waals surface area contributed by atoms with Crippen LogP contribution in [-0.2, 0) is 4.79 Å². The number of methoxy groups -OCH3 is 1. The van der Waals surface area contributed by atoms with Crippen LogP contribution < -0.4 is 15.2 Å². The molecule has 1 aromatic carbocycles. The van der Waals surface area contributed by atoms with Crippen molar-refractivity contribution in [2.45, 2.75) is 13.0 Å². The number of ether oxygens (including phenoxy) is 2. The van der Waals surface area contributed by atoms with Crippen molar-refractivity contribution in [3.05, 3.63) is 23.8 Å². The van der Waals surface area contributed by atoms with Gasteiger partial charge in [-0.25, -0.2) is 0 Å². The molecule has 3 N–H and O–H groups in total. The molecule has 0 unspecified atom stereocenters. The maximum absolute atomic E-state index is 10.8. The Labute approximate surface area is 93.8 Å². The smallest absolute Gasteiger partial charge is 0.308 e. The van der Waals surface area contributed by atoms with E-state index in [2.05, 4.69) is 0 Å². The van der Waals surface area contributed by atoms with Gasteiger partial charge in [-0.1, -0.05) is 6.07 Å². The second-order valence-electron chi connectivity index (χ2n) is 3.29. The third-order valence-corrected chi connectivity index (χ3v) is 2.07. The molecule has 1 atom stereocenters. The lowest BCUT2D eigenvalue weighted by atomic mass is 10.1. The zero-order chi connectivity index (χ0) is 12.1. The number of benzene rings is 1. The first-order chi connectivity index (χ1) is 7.58. The molecule has 5 heteroatoms. The number of aliphatic hydroxyl groups is 1. The zero-order valence-corrected chi connectivity index (χ0v) is 9.27. The Morgan fingerprint density at radius 2 is 2.19 bits per heavy atom. The highest BCUT2D eigenvalue weighted by Crippen LogP contribution is 2.29. The molecule has 5 nitrogen and oxygen atoms in total. The number of carbonyl (C=O) groups excluding carboxylic acids is 1. The van der Waals surface area contributed by atoms with E-state index in [1.54, 1.807) is 18.2 Å². The zero-order valence-electron chi connectivity index (χ0n) is 9.27. The minimum atomic E-state index is -0.472. The number of nitrogens with two attached hydrogens (primary N) is 1. The van der Waals surface area contributed by atoms with Gasteiger partial charge < -0.3 is 20.3 Å². The number of rotatable bonds is 4. The average Bonchev–Trinajstić information content (AvgIpc) is 2.27. The first kappa shape index (κ1) is 12.5. The summed E-state index contributed by atoms with van der Waals surface area (Å²) in [5, 5.41) is 8.92. The van der Waals surface area contributed by atoms with Gasteiger partial charge in [-0.05, 0) is 17.7 Å². The van der Waals surface area contributed by atoms with Gasteiger partial charge in [0.2, 0.25) is 0 Å². The molecule has 0 amide bonds. The minimum absolute atomic E-state index is 0.157. The van der Waals surface area contributed by atoms with Crippen LogP contribution in [0, 0.1) is 0 Å². The van der Waals surface area contributed by atoms with Gasteiger partial charge in [0.25, 0.3) is 0 Å². The number of hydrogen-bond acceptors (Lipinski definition) is 5. The highest BCUT2D eigenvalue weighted by molar-refractivity contribution is 5.70. The van der Waals surface area contributed by atoms with Crippen LogP contribution in [0.2, 0.25) is 0 Å². The standard InChI is InChI=1S/C11H15NO4/c1-7(14)16-10-4-3-8(9(12)6-13)5-11(10)15-2/h3-5,9,13H,6,12H2,1-2H3/t9-/m0/s1. The molecule has 0 spiro atoms. The fourth-order valence-electron chi connectivity index (χ4n) is 1.26. The summed E-state index contributed by atoms with van der Waals surface area (Å²) < 4.78 is 10.0. The van der Waals surface area contributed by atoms with Crippen molar-refractivity contribution >= 4 is 5.97 Å². The van der Waals surface area contributed by atoms with Crippen LogP contribution in [0.15, 0.2) is 18.2 Å². The summed E-state index contributed by atoms with van der Waals surface area (Å²) in [5.74, 6) is 0.331. The molecule has 0 saturated carbocycles. The third-order valence-electron chi connectivity index (χ3n) is 2.07. The molecule has 16 heavy (non-hydrogen) atoms. The summed E-state index contributed by atoms with van der Waals surface area (Å²) in [6.45, 7) is 1.16. The van der Waals surface area contributed by atoms with Crippen LogP contribution in [0.1, 0.15) is 18.5 Å². The van der Waals surface area contributed by atoms with Crippen LogP contribution in [-0.4, -0.2) is 24.8 Å². The summed E-state index contributed by atoms with van der Waals surface area (Å²) in [6, 6.07) is 4.44. The normalized spacial score (nSPS) is 12.0. The SMILES string of the molecule is COc1cc([C@@H](N)CO)ccc1OC(C)=O. The molecular formula is C11H15NO4. The van der Waals surface area contributed by atoms with E-state index in [1.807, 2.05) is 0 Å². The maximum Gasteiger partial charge on any atom is 0.308 e. The summed E-state index contributed by atoms with van der Waals surface area (Å²) in [6.07, 6.45) is 0. The van der Waals surface area contributed by atoms with E-state index < -0.39 is 12.0 Å². The van der Waals surface area contributed by atoms with Crippen molar-refractivity contribution in [2.75, 3.05) is 13.7 Å². The number of hydrogen-bond donors (Lipinski definition) is 2. The molecule has 0 aromatic heterocycles. The minimum Gasteiger partial charge on any atom is -0.493 e. The van der Waals surface area contributed by atoms with Gasteiger partial charge in [0.1, 0.15) is 0 Å². The first-order valence-electron chi connectivity index (χ1n) is 4.81. The van der Waals surface area contributed by atoms with E-state index in [0.29, 0.717) is 11.5 Å². The third kappa shape index (κ3) is 2.95. The van der Waals surface area contributed by atoms with Gasteiger partial charge in [-0.15, -0.1) is 0 Å². The van der Waals surface area contributed by atoms with E-state index in [9.17, 15) is 4.79 Å². The molecule has 1 aromatic rings. The average molecular weight is 225 g/mol. The van der Waals surface area contributed by atoms with Gasteiger partial charge >= 0.3 is 5.97 Å². The van der Waals surface area contributed by atoms with Crippen molar-refractivity contribution in [1.29, 1.82) is 0 Å². The predicted octanol–water partition coefficient (Wildman–Crippen LogP) is 0.613. The van der Waals surface area contributed by atoms with Crippen molar-refractivity contribution in [1.82, 2.24) is 0 Å². The number of carbonyl (C=O) groups is 1. The molecule has 0 aliphatic rings. The Balaban J connectivity index is 3.01. The number of aliphatic hydroxyl groups excluding tert-OH is 1. The van der Waals surface area contributed by atoms with Crippen molar-refractivity contribution < 1.29 is 19.4 Å². The lowest BCUT2D eigenvalue weighted by Crippen LogP contribution is -2.14. The van der Waals surface area contributed by atoms with Gasteiger partial charge in [-0.3, -0.25) is 4.79 Å². The van der Waals surface area contributed by atoms with Gasteiger partial charge in [0.05, 0.1) is 19.8 Å². The fraction of sp³-hybridized carbons (Fsp3) is 0.364. The summed E-state index contributed by atoms with van der Waals surface area (Å²) in [4.78, 5) is 10.8. The van der Waals surface area contributed by atoms with E-state index >= 15 is 0 Å². The van der Waals surface area contributed by atoms with E-state index in [4.69, 9.17) is 20.3 Å². The molecule has 0 aliphatic heterocycles. The molecular weight excluding hydrogens is 210 g/mol. The Bertz CT molecular complexity index is 378. The molecule has 1 rings (SSSR count). The van der Waals surface area contributed by atoms with Crippen LogP contribution >= 0.6 is 0 Å². The summed E-state index contributed by atoms with van der Waals surface area (Å²) in [5.41, 5.74) is 6.37. The Kier molecular flexibility index (Phi) is 4.28. The van der Waals surface area contributed by atoms with Gasteiger partial charge in [-0.2, -0.15) is 0 Å². The molecule has 0 fully saturated rings. The topological polar surface area (TPSA) is 81.8 Å². The lowest BCUT2D eigenvalue weighted by molar-refractivity contribution is -0.132. The molecule has 0 radical (unpaired) electrons. The quantitative estimate of drug-likeness (QED) is 0.579. The highest BCUT2D eigenvalue weighted by atomic mass is 16.6. The first-order valence-corrected chi connectivity index (χ1v) is 4.81. The van der Waals surface area contributed by atoms with Crippen LogP contribution in [0.5, 0.6) is 11.5 Å². The van der Waals surface area contributed by atoms with E-state index in [-0.39, 0.29) is 6.61 Å². The molecule has 0 saturated heterocycles. The second-order valence-corrected chi connectivity index (χ2v) is 3.29. The Morgan fingerprint density at radius 1 is 1.50 bits per heavy atom. The fourth-order valence-corrected chi connectivity index (χ4v) is 1.26. The number of esters is 1. The molecule has 0 aliphatic carbocycles. The lowest BCUT2D eigenvalue weighted by Gasteiger charge is -2.12. The van der Waals surface area contributed by atoms with Crippen molar-refractivity contribution in [3.63, 3.8) is 0 Å². The van der Waals surface area contributed by atoms with Crippen LogP contribution in [0.4, 0.5) is 0 Å². The maximum atomic E-state index is 10.8. The van der Waals surface area contributed by atoms with Crippen molar-refractivity contribution in [2.24, 2.45) is 5.73 Å². The summed E-state index contributed by atoms with van der Waals surface area (Å²) >= 11 is 0. The Hall–Kier alpha value is -1.59. The molecule has 0 heterocycles. The van der Waals surface area contributed by atoms with Gasteiger partial charge in [0.15, 0.2) is 11.5 Å². The Morgan fingerprint density at radius 3 is 2.69 bits per heavy atom. The second kappa shape index (κ2) is 5.48. The highest BCUT2D eigenvalue weighted by Gasteiger charge is 2.11. The van der Waals surface area contributed by atoms with Gasteiger partial charge in [0, 0.05) is 6.92 Å². The van der Waals surface area contributed by atoms with Crippen LogP contribution in [0.3, 0.4) is 0 Å².